The lowest BCUT2D eigenvalue weighted by Crippen LogP contribution is -2.15. The summed E-state index contributed by atoms with van der Waals surface area (Å²) in [6, 6.07) is 7.67. The largest absolute Gasteiger partial charge is 0.490 e. The minimum absolute atomic E-state index is 0.0771. The molecule has 0 radical (unpaired) electrons. The van der Waals surface area contributed by atoms with Crippen LogP contribution in [-0.2, 0) is 6.42 Å². The normalized spacial score (nSPS) is 10.7. The molecule has 0 aliphatic heterocycles. The molecule has 4 heteroatoms. The Bertz CT molecular complexity index is 618. The van der Waals surface area contributed by atoms with Gasteiger partial charge in [-0.05, 0) is 32.4 Å². The van der Waals surface area contributed by atoms with E-state index in [9.17, 15) is 4.79 Å². The number of benzene rings is 1. The molecule has 0 fully saturated rings. The zero-order valence-electron chi connectivity index (χ0n) is 11.4. The van der Waals surface area contributed by atoms with Crippen molar-refractivity contribution >= 4 is 0 Å². The fraction of sp³-hybridized carbons (Fsp3) is 0.333. The topological polar surface area (TPSA) is 55.0 Å². The number of H-pyrrole nitrogens is 1. The van der Waals surface area contributed by atoms with Crippen molar-refractivity contribution in [2.45, 2.75) is 33.3 Å². The van der Waals surface area contributed by atoms with E-state index < -0.39 is 0 Å². The predicted octanol–water partition coefficient (Wildman–Crippen LogP) is 2.79. The Hall–Kier alpha value is -2.10. The lowest BCUT2D eigenvalue weighted by molar-refractivity contribution is 0.243. The van der Waals surface area contributed by atoms with Gasteiger partial charge >= 0.3 is 0 Å². The monoisotopic (exact) mass is 258 g/mol. The van der Waals surface area contributed by atoms with Crippen molar-refractivity contribution in [1.82, 2.24) is 9.97 Å². The average Bonchev–Trinajstić information content (AvgIpc) is 2.38. The van der Waals surface area contributed by atoms with Crippen molar-refractivity contribution in [1.29, 1.82) is 0 Å². The van der Waals surface area contributed by atoms with Gasteiger partial charge < -0.3 is 9.72 Å². The van der Waals surface area contributed by atoms with E-state index in [0.29, 0.717) is 17.7 Å². The average molecular weight is 258 g/mol. The number of aromatic amines is 1. The van der Waals surface area contributed by atoms with E-state index in [1.165, 1.54) is 6.33 Å². The first-order valence-electron chi connectivity index (χ1n) is 6.46. The van der Waals surface area contributed by atoms with Crippen molar-refractivity contribution in [3.05, 3.63) is 46.5 Å². The summed E-state index contributed by atoms with van der Waals surface area (Å²) in [6.45, 7) is 5.90. The van der Waals surface area contributed by atoms with E-state index in [1.54, 1.807) is 0 Å². The van der Waals surface area contributed by atoms with E-state index in [2.05, 4.69) is 9.97 Å². The lowest BCUT2D eigenvalue weighted by atomic mass is 10.0. The quantitative estimate of drug-likeness (QED) is 0.917. The zero-order chi connectivity index (χ0) is 13.8. The van der Waals surface area contributed by atoms with Gasteiger partial charge in [0, 0.05) is 11.1 Å². The maximum Gasteiger partial charge on any atom is 0.254 e. The maximum absolute atomic E-state index is 11.8. The number of hydrogen-bond donors (Lipinski definition) is 1. The maximum atomic E-state index is 11.8. The van der Waals surface area contributed by atoms with Crippen LogP contribution in [0.2, 0.25) is 0 Å². The number of aromatic nitrogens is 2. The third-order valence-corrected chi connectivity index (χ3v) is 2.81. The molecule has 4 nitrogen and oxygen atoms in total. The van der Waals surface area contributed by atoms with Crippen LogP contribution in [0.3, 0.4) is 0 Å². The number of hydrogen-bond acceptors (Lipinski definition) is 3. The van der Waals surface area contributed by atoms with E-state index in [0.717, 1.165) is 11.3 Å². The van der Waals surface area contributed by atoms with Gasteiger partial charge in [-0.1, -0.05) is 19.1 Å². The summed E-state index contributed by atoms with van der Waals surface area (Å²) in [7, 11) is 0. The Morgan fingerprint density at radius 3 is 2.74 bits per heavy atom. The molecule has 0 saturated carbocycles. The molecule has 1 aromatic heterocycles. The molecule has 0 spiro atoms. The Balaban J connectivity index is 2.59. The molecule has 19 heavy (non-hydrogen) atoms. The second kappa shape index (κ2) is 5.69. The van der Waals surface area contributed by atoms with Crippen LogP contribution in [-0.4, -0.2) is 16.1 Å². The van der Waals surface area contributed by atoms with Crippen LogP contribution in [0.5, 0.6) is 5.75 Å². The fourth-order valence-electron chi connectivity index (χ4n) is 2.01. The zero-order valence-corrected chi connectivity index (χ0v) is 11.4. The molecule has 100 valence electrons. The SMILES string of the molecule is CCc1c(-c2ccccc2OC(C)C)nc[nH]c1=O. The molecule has 0 aliphatic carbocycles. The van der Waals surface area contributed by atoms with Crippen molar-refractivity contribution in [3.8, 4) is 17.0 Å². The van der Waals surface area contributed by atoms with Gasteiger partial charge in [0.1, 0.15) is 5.75 Å². The summed E-state index contributed by atoms with van der Waals surface area (Å²) in [5, 5.41) is 0. The first kappa shape index (κ1) is 13.3. The van der Waals surface area contributed by atoms with Gasteiger partial charge in [0.2, 0.25) is 0 Å². The highest BCUT2D eigenvalue weighted by Crippen LogP contribution is 2.30. The van der Waals surface area contributed by atoms with Crippen molar-refractivity contribution in [3.63, 3.8) is 0 Å². The summed E-state index contributed by atoms with van der Waals surface area (Å²) in [5.74, 6) is 0.755. The first-order chi connectivity index (χ1) is 9.13. The van der Waals surface area contributed by atoms with Crippen molar-refractivity contribution in [2.24, 2.45) is 0 Å². The van der Waals surface area contributed by atoms with Gasteiger partial charge in [-0.2, -0.15) is 0 Å². The molecule has 1 N–H and O–H groups in total. The smallest absolute Gasteiger partial charge is 0.254 e. The Morgan fingerprint density at radius 1 is 1.32 bits per heavy atom. The number of para-hydroxylation sites is 1. The molecule has 0 unspecified atom stereocenters. The highest BCUT2D eigenvalue weighted by molar-refractivity contribution is 5.69. The summed E-state index contributed by atoms with van der Waals surface area (Å²) in [5.41, 5.74) is 2.15. The van der Waals surface area contributed by atoms with Crippen LogP contribution in [0.15, 0.2) is 35.4 Å². The molecular formula is C15H18N2O2. The van der Waals surface area contributed by atoms with E-state index in [-0.39, 0.29) is 11.7 Å². The summed E-state index contributed by atoms with van der Waals surface area (Å²) < 4.78 is 5.79. The molecule has 0 bridgehead atoms. The van der Waals surface area contributed by atoms with Crippen LogP contribution in [0.1, 0.15) is 26.3 Å². The number of nitrogens with one attached hydrogen (secondary N) is 1. The highest BCUT2D eigenvalue weighted by atomic mass is 16.5. The molecule has 2 aromatic rings. The summed E-state index contributed by atoms with van der Waals surface area (Å²) >= 11 is 0. The molecule has 0 atom stereocenters. The van der Waals surface area contributed by atoms with Gasteiger partial charge in [0.05, 0.1) is 18.1 Å². The second-order valence-electron chi connectivity index (χ2n) is 4.58. The number of nitrogens with zero attached hydrogens (tertiary/aromatic N) is 1. The van der Waals surface area contributed by atoms with Crippen molar-refractivity contribution in [2.75, 3.05) is 0 Å². The molecule has 0 aliphatic rings. The van der Waals surface area contributed by atoms with Crippen LogP contribution in [0.4, 0.5) is 0 Å². The van der Waals surface area contributed by atoms with Crippen LogP contribution in [0, 0.1) is 0 Å². The summed E-state index contributed by atoms with van der Waals surface area (Å²) in [4.78, 5) is 18.8. The molecule has 0 saturated heterocycles. The Morgan fingerprint density at radius 2 is 2.05 bits per heavy atom. The van der Waals surface area contributed by atoms with E-state index in [1.807, 2.05) is 45.0 Å². The highest BCUT2D eigenvalue weighted by Gasteiger charge is 2.14. The van der Waals surface area contributed by atoms with E-state index >= 15 is 0 Å². The third kappa shape index (κ3) is 2.84. The number of ether oxygens (including phenoxy) is 1. The predicted molar refractivity (Wildman–Crippen MR) is 75.4 cm³/mol. The molecule has 0 amide bonds. The Labute approximate surface area is 112 Å². The lowest BCUT2D eigenvalue weighted by Gasteiger charge is -2.14. The van der Waals surface area contributed by atoms with Crippen LogP contribution >= 0.6 is 0 Å². The Kier molecular flexibility index (Phi) is 4.00. The van der Waals surface area contributed by atoms with Gasteiger partial charge in [-0.3, -0.25) is 4.79 Å². The van der Waals surface area contributed by atoms with Gasteiger partial charge in [-0.25, -0.2) is 4.98 Å². The fourth-order valence-corrected chi connectivity index (χ4v) is 2.01. The first-order valence-corrected chi connectivity index (χ1v) is 6.46. The van der Waals surface area contributed by atoms with Crippen LogP contribution < -0.4 is 10.3 Å². The van der Waals surface area contributed by atoms with Crippen LogP contribution in [0.25, 0.3) is 11.3 Å². The summed E-state index contributed by atoms with van der Waals surface area (Å²) in [6.07, 6.45) is 2.14. The molecule has 2 rings (SSSR count). The second-order valence-corrected chi connectivity index (χ2v) is 4.58. The van der Waals surface area contributed by atoms with Crippen molar-refractivity contribution < 1.29 is 4.74 Å². The number of rotatable bonds is 4. The third-order valence-electron chi connectivity index (χ3n) is 2.81. The minimum Gasteiger partial charge on any atom is -0.490 e. The minimum atomic E-state index is -0.0909. The van der Waals surface area contributed by atoms with E-state index in [4.69, 9.17) is 4.74 Å². The molecule has 1 aromatic carbocycles. The van der Waals surface area contributed by atoms with Gasteiger partial charge in [0.15, 0.2) is 0 Å². The standard InChI is InChI=1S/C15H18N2O2/c1-4-11-14(16-9-17-15(11)18)12-7-5-6-8-13(12)19-10(2)3/h5-10H,4H2,1-3H3,(H,16,17,18). The van der Waals surface area contributed by atoms with Gasteiger partial charge in [-0.15, -0.1) is 0 Å². The van der Waals surface area contributed by atoms with Gasteiger partial charge in [0.25, 0.3) is 5.56 Å². The molecular weight excluding hydrogens is 240 g/mol. The molecule has 1 heterocycles.